The van der Waals surface area contributed by atoms with E-state index >= 15 is 0 Å². The number of aliphatic hydroxyl groups is 9. The Bertz CT molecular complexity index is 852. The molecule has 3 saturated heterocycles. The zero-order chi connectivity index (χ0) is 29.9. The van der Waals surface area contributed by atoms with Crippen LogP contribution in [-0.4, -0.2) is 170 Å². The molecule has 3 aliphatic rings. The van der Waals surface area contributed by atoms with Crippen molar-refractivity contribution in [2.45, 2.75) is 106 Å². The standard InChI is InChI=1S/C22H38N2O16/c1-6(28)23-11-15(32)18(39-22-17(34)16(33)13(30)8(3-25)37-22)10(5-27)38-21(11)40-19-12(24-7(2)29)20(35)36-9(4-26)14(19)31/h8-22,25-27,30-35H,3-5H2,1-2H3,(H,23,28)(H,24,29)/t8-,9-,10-,11-,12-,13+,14+,15-,16+,17-,18+,19-,20-,21-,22-/m1/s1. The molecule has 0 aromatic rings. The van der Waals surface area contributed by atoms with Gasteiger partial charge in [-0.25, -0.2) is 0 Å². The summed E-state index contributed by atoms with van der Waals surface area (Å²) in [7, 11) is 0. The van der Waals surface area contributed by atoms with Crippen molar-refractivity contribution in [1.82, 2.24) is 10.6 Å². The minimum Gasteiger partial charge on any atom is -0.394 e. The van der Waals surface area contributed by atoms with Crippen molar-refractivity contribution < 1.29 is 79.2 Å². The maximum atomic E-state index is 12.0. The summed E-state index contributed by atoms with van der Waals surface area (Å²) in [6, 6.07) is -2.89. The first-order chi connectivity index (χ1) is 18.8. The minimum absolute atomic E-state index is 0.639. The molecule has 3 aliphatic heterocycles. The molecule has 0 saturated carbocycles. The van der Waals surface area contributed by atoms with E-state index in [2.05, 4.69) is 10.6 Å². The number of rotatable bonds is 9. The van der Waals surface area contributed by atoms with Crippen LogP contribution in [0.1, 0.15) is 13.8 Å². The van der Waals surface area contributed by atoms with Crippen molar-refractivity contribution in [1.29, 1.82) is 0 Å². The fraction of sp³-hybridized carbons (Fsp3) is 0.909. The number of hydrogen-bond donors (Lipinski definition) is 11. The van der Waals surface area contributed by atoms with Gasteiger partial charge in [-0.3, -0.25) is 9.59 Å². The fourth-order valence-corrected chi connectivity index (χ4v) is 4.86. The van der Waals surface area contributed by atoms with Crippen LogP contribution in [0, 0.1) is 0 Å². The van der Waals surface area contributed by atoms with Gasteiger partial charge in [0.2, 0.25) is 11.8 Å². The second-order valence-corrected chi connectivity index (χ2v) is 9.81. The number of amides is 2. The van der Waals surface area contributed by atoms with E-state index < -0.39 is 124 Å². The second-order valence-electron chi connectivity index (χ2n) is 9.81. The van der Waals surface area contributed by atoms with Gasteiger partial charge < -0.3 is 80.3 Å². The molecule has 0 aromatic carbocycles. The predicted molar refractivity (Wildman–Crippen MR) is 124 cm³/mol. The molecule has 3 rings (SSSR count). The van der Waals surface area contributed by atoms with Crippen LogP contribution in [0.5, 0.6) is 0 Å². The van der Waals surface area contributed by atoms with Gasteiger partial charge >= 0.3 is 0 Å². The van der Waals surface area contributed by atoms with Gasteiger partial charge in [0, 0.05) is 13.8 Å². The molecular weight excluding hydrogens is 548 g/mol. The highest BCUT2D eigenvalue weighted by atomic mass is 16.7. The van der Waals surface area contributed by atoms with Crippen molar-refractivity contribution in [3.8, 4) is 0 Å². The molecule has 0 aromatic heterocycles. The topological polar surface area (TPSA) is 286 Å². The third kappa shape index (κ3) is 7.05. The van der Waals surface area contributed by atoms with Crippen LogP contribution in [0.25, 0.3) is 0 Å². The van der Waals surface area contributed by atoms with Crippen molar-refractivity contribution >= 4 is 11.8 Å². The zero-order valence-corrected chi connectivity index (χ0v) is 21.7. The normalized spacial score (nSPS) is 46.0. The first-order valence-electron chi connectivity index (χ1n) is 12.6. The van der Waals surface area contributed by atoms with Crippen molar-refractivity contribution in [3.05, 3.63) is 0 Å². The summed E-state index contributed by atoms with van der Waals surface area (Å²) in [6.07, 6.45) is -21.2. The monoisotopic (exact) mass is 586 g/mol. The summed E-state index contributed by atoms with van der Waals surface area (Å²) in [4.78, 5) is 23.7. The van der Waals surface area contributed by atoms with Crippen LogP contribution >= 0.6 is 0 Å². The molecule has 15 atom stereocenters. The van der Waals surface area contributed by atoms with Gasteiger partial charge in [-0.15, -0.1) is 0 Å². The molecule has 18 heteroatoms. The summed E-state index contributed by atoms with van der Waals surface area (Å²) >= 11 is 0. The second kappa shape index (κ2) is 14.0. The number of carbonyl (C=O) groups excluding carboxylic acids is 2. The van der Waals surface area contributed by atoms with Gasteiger partial charge in [-0.2, -0.15) is 0 Å². The molecule has 0 spiro atoms. The van der Waals surface area contributed by atoms with Gasteiger partial charge in [-0.1, -0.05) is 0 Å². The summed E-state index contributed by atoms with van der Waals surface area (Å²) in [5.41, 5.74) is 0. The van der Waals surface area contributed by atoms with E-state index in [0.29, 0.717) is 0 Å². The lowest BCUT2D eigenvalue weighted by Crippen LogP contribution is -2.70. The Morgan fingerprint density at radius 2 is 1.10 bits per heavy atom. The number of carbonyl (C=O) groups is 2. The van der Waals surface area contributed by atoms with Crippen LogP contribution in [0.4, 0.5) is 0 Å². The summed E-state index contributed by atoms with van der Waals surface area (Å²) < 4.78 is 27.6. The lowest BCUT2D eigenvalue weighted by molar-refractivity contribution is -0.359. The lowest BCUT2D eigenvalue weighted by Gasteiger charge is -2.49. The van der Waals surface area contributed by atoms with E-state index in [9.17, 15) is 55.5 Å². The maximum Gasteiger partial charge on any atom is 0.217 e. The van der Waals surface area contributed by atoms with E-state index in [0.717, 1.165) is 13.8 Å². The number of ether oxygens (including phenoxy) is 5. The Labute approximate surface area is 228 Å². The Morgan fingerprint density at radius 3 is 1.65 bits per heavy atom. The summed E-state index contributed by atoms with van der Waals surface area (Å²) in [5.74, 6) is -1.32. The highest BCUT2D eigenvalue weighted by molar-refractivity contribution is 5.73. The van der Waals surface area contributed by atoms with Gasteiger partial charge in [0.15, 0.2) is 18.9 Å². The predicted octanol–water partition coefficient (Wildman–Crippen LogP) is -7.29. The first kappa shape index (κ1) is 32.9. The van der Waals surface area contributed by atoms with Gasteiger partial charge in [0.05, 0.1) is 19.8 Å². The van der Waals surface area contributed by atoms with E-state index in [1.807, 2.05) is 0 Å². The Hall–Kier alpha value is -1.62. The van der Waals surface area contributed by atoms with Crippen LogP contribution in [0.2, 0.25) is 0 Å². The highest BCUT2D eigenvalue weighted by Gasteiger charge is 2.54. The van der Waals surface area contributed by atoms with Crippen LogP contribution < -0.4 is 10.6 Å². The van der Waals surface area contributed by atoms with Gasteiger partial charge in [0.1, 0.15) is 73.1 Å². The Kier molecular flexibility index (Phi) is 11.5. The van der Waals surface area contributed by atoms with Gasteiger partial charge in [0.25, 0.3) is 0 Å². The van der Waals surface area contributed by atoms with Crippen LogP contribution in [-0.2, 0) is 33.3 Å². The number of nitrogens with one attached hydrogen (secondary N) is 2. The molecule has 3 fully saturated rings. The molecule has 0 bridgehead atoms. The molecule has 0 aliphatic carbocycles. The fourth-order valence-electron chi connectivity index (χ4n) is 4.86. The van der Waals surface area contributed by atoms with Crippen LogP contribution in [0.3, 0.4) is 0 Å². The quantitative estimate of drug-likeness (QED) is 0.120. The van der Waals surface area contributed by atoms with E-state index in [1.54, 1.807) is 0 Å². The molecule has 11 N–H and O–H groups in total. The lowest BCUT2D eigenvalue weighted by atomic mass is 9.94. The van der Waals surface area contributed by atoms with E-state index in [-0.39, 0.29) is 0 Å². The van der Waals surface area contributed by atoms with Crippen LogP contribution in [0.15, 0.2) is 0 Å². The minimum atomic E-state index is -1.86. The van der Waals surface area contributed by atoms with Gasteiger partial charge in [-0.05, 0) is 0 Å². The van der Waals surface area contributed by atoms with E-state index in [1.165, 1.54) is 0 Å². The SMILES string of the molecule is CC(=O)N[C@@H]1[C@@H](O[C@H]2O[C@H](CO)[C@H](O[C@H]3O[C@H](CO)[C@H](O)[C@H](O)[C@H]3O)[C@H](O)[C@H]2NC(C)=O)[C@@H](O)[C@@H](CO)O[C@H]1O. The number of hydrogen-bond acceptors (Lipinski definition) is 16. The first-order valence-corrected chi connectivity index (χ1v) is 12.6. The Morgan fingerprint density at radius 1 is 0.600 bits per heavy atom. The molecule has 3 heterocycles. The molecule has 18 nitrogen and oxygen atoms in total. The highest BCUT2D eigenvalue weighted by Crippen LogP contribution is 2.32. The van der Waals surface area contributed by atoms with Crippen molar-refractivity contribution in [2.24, 2.45) is 0 Å². The third-order valence-electron chi connectivity index (χ3n) is 6.90. The average Bonchev–Trinajstić information content (AvgIpc) is 2.90. The smallest absolute Gasteiger partial charge is 0.217 e. The summed E-state index contributed by atoms with van der Waals surface area (Å²) in [6.45, 7) is -0.115. The maximum absolute atomic E-state index is 12.0. The molecule has 0 radical (unpaired) electrons. The molecule has 40 heavy (non-hydrogen) atoms. The van der Waals surface area contributed by atoms with Crippen molar-refractivity contribution in [2.75, 3.05) is 19.8 Å². The zero-order valence-electron chi connectivity index (χ0n) is 21.7. The Balaban J connectivity index is 1.87. The van der Waals surface area contributed by atoms with E-state index in [4.69, 9.17) is 23.7 Å². The third-order valence-corrected chi connectivity index (χ3v) is 6.90. The molecule has 2 amide bonds. The largest absolute Gasteiger partial charge is 0.394 e. The molecule has 232 valence electrons. The summed E-state index contributed by atoms with van der Waals surface area (Å²) in [5, 5.41) is 96.5. The number of aliphatic hydroxyl groups excluding tert-OH is 9. The van der Waals surface area contributed by atoms with Crippen molar-refractivity contribution in [3.63, 3.8) is 0 Å². The molecule has 0 unspecified atom stereocenters. The average molecular weight is 587 g/mol. The molecular formula is C22H38N2O16.